The molecule has 0 N–H and O–H groups in total. The van der Waals surface area contributed by atoms with Crippen LogP contribution in [0.1, 0.15) is 43.0 Å². The van der Waals surface area contributed by atoms with Crippen molar-refractivity contribution in [3.05, 3.63) is 53.1 Å². The van der Waals surface area contributed by atoms with Crippen LogP contribution in [-0.4, -0.2) is 36.6 Å². The molecule has 2 aromatic rings. The van der Waals surface area contributed by atoms with Crippen molar-refractivity contribution in [2.24, 2.45) is 0 Å². The van der Waals surface area contributed by atoms with Crippen LogP contribution in [0.2, 0.25) is 0 Å². The Kier molecular flexibility index (Phi) is 5.18. The van der Waals surface area contributed by atoms with Crippen molar-refractivity contribution in [1.82, 2.24) is 4.90 Å². The SMILES string of the molecule is CCOc1cc2c(cc1OCC)[C@@H]1CC(=O)N(c3cccc(C)c3)C(=O)N1CC2. The summed E-state index contributed by atoms with van der Waals surface area (Å²) < 4.78 is 11.5. The summed E-state index contributed by atoms with van der Waals surface area (Å²) in [4.78, 5) is 29.4. The number of urea groups is 1. The molecule has 2 aliphatic rings. The van der Waals surface area contributed by atoms with Crippen LogP contribution < -0.4 is 14.4 Å². The van der Waals surface area contributed by atoms with Crippen molar-refractivity contribution in [2.75, 3.05) is 24.7 Å². The molecular formula is C23H26N2O4. The minimum Gasteiger partial charge on any atom is -0.490 e. The molecule has 2 aliphatic heterocycles. The third-order valence-electron chi connectivity index (χ3n) is 5.48. The zero-order valence-corrected chi connectivity index (χ0v) is 17.1. The van der Waals surface area contributed by atoms with E-state index in [-0.39, 0.29) is 24.4 Å². The highest BCUT2D eigenvalue weighted by Crippen LogP contribution is 2.42. The van der Waals surface area contributed by atoms with Gasteiger partial charge in [-0.25, -0.2) is 9.69 Å². The highest BCUT2D eigenvalue weighted by Gasteiger charge is 2.43. The van der Waals surface area contributed by atoms with Gasteiger partial charge in [0, 0.05) is 6.54 Å². The van der Waals surface area contributed by atoms with Gasteiger partial charge in [0.2, 0.25) is 5.91 Å². The fraction of sp³-hybridized carbons (Fsp3) is 0.391. The molecule has 0 aliphatic carbocycles. The second kappa shape index (κ2) is 7.78. The van der Waals surface area contributed by atoms with Crippen molar-refractivity contribution in [3.63, 3.8) is 0 Å². The zero-order chi connectivity index (χ0) is 20.5. The normalized spacial score (nSPS) is 18.4. The number of hydrogen-bond acceptors (Lipinski definition) is 4. The summed E-state index contributed by atoms with van der Waals surface area (Å²) in [7, 11) is 0. The van der Waals surface area contributed by atoms with Gasteiger partial charge in [-0.15, -0.1) is 0 Å². The van der Waals surface area contributed by atoms with Crippen LogP contribution in [0.4, 0.5) is 10.5 Å². The molecule has 152 valence electrons. The van der Waals surface area contributed by atoms with E-state index in [1.165, 1.54) is 4.90 Å². The van der Waals surface area contributed by atoms with E-state index in [0.29, 0.717) is 31.2 Å². The van der Waals surface area contributed by atoms with Crippen LogP contribution in [0, 0.1) is 6.92 Å². The number of ether oxygens (including phenoxy) is 2. The monoisotopic (exact) mass is 394 g/mol. The molecule has 0 radical (unpaired) electrons. The maximum Gasteiger partial charge on any atom is 0.331 e. The van der Waals surface area contributed by atoms with E-state index >= 15 is 0 Å². The van der Waals surface area contributed by atoms with Crippen LogP contribution in [0.5, 0.6) is 11.5 Å². The summed E-state index contributed by atoms with van der Waals surface area (Å²) in [5.74, 6) is 1.20. The first-order chi connectivity index (χ1) is 14.0. The number of aryl methyl sites for hydroxylation is 1. The number of benzene rings is 2. The Hall–Kier alpha value is -3.02. The van der Waals surface area contributed by atoms with Crippen molar-refractivity contribution < 1.29 is 19.1 Å². The molecule has 2 aromatic carbocycles. The first-order valence-electron chi connectivity index (χ1n) is 10.2. The molecule has 0 spiro atoms. The predicted molar refractivity (Wildman–Crippen MR) is 111 cm³/mol. The van der Waals surface area contributed by atoms with Crippen LogP contribution in [-0.2, 0) is 11.2 Å². The number of anilines is 1. The minimum absolute atomic E-state index is 0.179. The first kappa shape index (κ1) is 19.3. The van der Waals surface area contributed by atoms with Crippen molar-refractivity contribution in [3.8, 4) is 11.5 Å². The maximum atomic E-state index is 13.2. The molecule has 0 unspecified atom stereocenters. The highest BCUT2D eigenvalue weighted by molar-refractivity contribution is 6.16. The van der Waals surface area contributed by atoms with Crippen molar-refractivity contribution in [2.45, 2.75) is 39.7 Å². The second-order valence-electron chi connectivity index (χ2n) is 7.38. The lowest BCUT2D eigenvalue weighted by atomic mass is 9.88. The summed E-state index contributed by atoms with van der Waals surface area (Å²) in [5, 5.41) is 0. The minimum atomic E-state index is -0.269. The van der Waals surface area contributed by atoms with E-state index in [1.807, 2.05) is 62.1 Å². The average Bonchev–Trinajstić information content (AvgIpc) is 2.69. The van der Waals surface area contributed by atoms with Gasteiger partial charge in [-0.05, 0) is 68.1 Å². The summed E-state index contributed by atoms with van der Waals surface area (Å²) in [6.45, 7) is 7.46. The molecule has 1 atom stereocenters. The van der Waals surface area contributed by atoms with Crippen LogP contribution in [0.25, 0.3) is 0 Å². The molecule has 4 rings (SSSR count). The van der Waals surface area contributed by atoms with E-state index in [2.05, 4.69) is 0 Å². The number of imide groups is 1. The molecule has 1 fully saturated rings. The third-order valence-corrected chi connectivity index (χ3v) is 5.48. The standard InChI is InChI=1S/C23H26N2O4/c1-4-28-20-12-16-9-10-24-19(18(16)13-21(20)29-5-2)14-22(26)25(23(24)27)17-8-6-7-15(3)11-17/h6-8,11-13,19H,4-5,9-10,14H2,1-3H3/t19-/m0/s1. The quantitative estimate of drug-likeness (QED) is 0.761. The molecule has 29 heavy (non-hydrogen) atoms. The molecule has 6 heteroatoms. The Bertz CT molecular complexity index is 956. The summed E-state index contributed by atoms with van der Waals surface area (Å²) in [6, 6.07) is 10.9. The van der Waals surface area contributed by atoms with Gasteiger partial charge in [0.1, 0.15) is 0 Å². The zero-order valence-electron chi connectivity index (χ0n) is 17.1. The van der Waals surface area contributed by atoms with E-state index in [4.69, 9.17) is 9.47 Å². The lowest BCUT2D eigenvalue weighted by molar-refractivity contribution is -0.120. The molecule has 0 aromatic heterocycles. The largest absolute Gasteiger partial charge is 0.490 e. The number of amides is 3. The Balaban J connectivity index is 1.70. The van der Waals surface area contributed by atoms with E-state index in [1.54, 1.807) is 0 Å². The Morgan fingerprint density at radius 3 is 2.45 bits per heavy atom. The first-order valence-corrected chi connectivity index (χ1v) is 10.2. The molecule has 1 saturated heterocycles. The summed E-state index contributed by atoms with van der Waals surface area (Å²) >= 11 is 0. The van der Waals surface area contributed by atoms with Gasteiger partial charge in [0.15, 0.2) is 11.5 Å². The van der Waals surface area contributed by atoms with Crippen molar-refractivity contribution >= 4 is 17.6 Å². The third kappa shape index (κ3) is 3.43. The Morgan fingerprint density at radius 2 is 1.76 bits per heavy atom. The smallest absolute Gasteiger partial charge is 0.331 e. The van der Waals surface area contributed by atoms with E-state index in [9.17, 15) is 9.59 Å². The highest BCUT2D eigenvalue weighted by atomic mass is 16.5. The fourth-order valence-corrected chi connectivity index (χ4v) is 4.21. The van der Waals surface area contributed by atoms with Gasteiger partial charge >= 0.3 is 6.03 Å². The molecular weight excluding hydrogens is 368 g/mol. The average molecular weight is 394 g/mol. The van der Waals surface area contributed by atoms with Gasteiger partial charge in [-0.2, -0.15) is 0 Å². The number of carbonyl (C=O) groups is 2. The number of carbonyl (C=O) groups excluding carboxylic acids is 2. The van der Waals surface area contributed by atoms with Gasteiger partial charge in [-0.1, -0.05) is 12.1 Å². The molecule has 3 amide bonds. The lowest BCUT2D eigenvalue weighted by Gasteiger charge is -2.43. The van der Waals surface area contributed by atoms with E-state index in [0.717, 1.165) is 28.9 Å². The fourth-order valence-electron chi connectivity index (χ4n) is 4.21. The Labute approximate surface area is 171 Å². The van der Waals surface area contributed by atoms with Gasteiger partial charge < -0.3 is 14.4 Å². The number of fused-ring (bicyclic) bond motifs is 3. The lowest BCUT2D eigenvalue weighted by Crippen LogP contribution is -2.55. The predicted octanol–water partition coefficient (Wildman–Crippen LogP) is 4.25. The topological polar surface area (TPSA) is 59.1 Å². The van der Waals surface area contributed by atoms with Gasteiger partial charge in [-0.3, -0.25) is 4.79 Å². The number of nitrogens with zero attached hydrogens (tertiary/aromatic N) is 2. The number of hydrogen-bond donors (Lipinski definition) is 0. The molecule has 0 saturated carbocycles. The molecule has 6 nitrogen and oxygen atoms in total. The van der Waals surface area contributed by atoms with Crippen LogP contribution >= 0.6 is 0 Å². The summed E-state index contributed by atoms with van der Waals surface area (Å²) in [5.41, 5.74) is 3.74. The van der Waals surface area contributed by atoms with Crippen LogP contribution in [0.3, 0.4) is 0 Å². The maximum absolute atomic E-state index is 13.2. The van der Waals surface area contributed by atoms with Gasteiger partial charge in [0.05, 0.1) is 31.4 Å². The number of rotatable bonds is 5. The Morgan fingerprint density at radius 1 is 1.03 bits per heavy atom. The molecule has 0 bridgehead atoms. The summed E-state index contributed by atoms with van der Waals surface area (Å²) in [6.07, 6.45) is 0.978. The molecule has 2 heterocycles. The second-order valence-corrected chi connectivity index (χ2v) is 7.38. The van der Waals surface area contributed by atoms with E-state index < -0.39 is 0 Å². The van der Waals surface area contributed by atoms with Crippen LogP contribution in [0.15, 0.2) is 36.4 Å². The van der Waals surface area contributed by atoms with Gasteiger partial charge in [0.25, 0.3) is 0 Å². The van der Waals surface area contributed by atoms with Crippen molar-refractivity contribution in [1.29, 1.82) is 0 Å².